The predicted octanol–water partition coefficient (Wildman–Crippen LogP) is 3.56. The summed E-state index contributed by atoms with van der Waals surface area (Å²) in [6.45, 7) is 2.27. The van der Waals surface area contributed by atoms with Crippen LogP contribution in [0.3, 0.4) is 0 Å². The lowest BCUT2D eigenvalue weighted by Gasteiger charge is -2.41. The van der Waals surface area contributed by atoms with Crippen molar-refractivity contribution < 1.29 is 17.9 Å². The lowest BCUT2D eigenvalue weighted by molar-refractivity contribution is -0.125. The molecule has 1 amide bonds. The van der Waals surface area contributed by atoms with Gasteiger partial charge in [0.2, 0.25) is 0 Å². The van der Waals surface area contributed by atoms with Crippen LogP contribution in [0.5, 0.6) is 0 Å². The summed E-state index contributed by atoms with van der Waals surface area (Å²) >= 11 is 6.00. The highest BCUT2D eigenvalue weighted by Crippen LogP contribution is 2.51. The first kappa shape index (κ1) is 28.6. The highest BCUT2D eigenvalue weighted by Gasteiger charge is 2.56. The Morgan fingerprint density at radius 2 is 1.70 bits per heavy atom. The third-order valence-corrected chi connectivity index (χ3v) is 9.44. The number of hydrazine groups is 1. The molecular weight excluding hydrogens is 548 g/mol. The Balaban J connectivity index is 1.38. The number of anilines is 1. The van der Waals surface area contributed by atoms with Gasteiger partial charge < -0.3 is 10.1 Å². The smallest absolute Gasteiger partial charge is 0.258 e. The SMILES string of the molecule is CS(=O)(=O)C1N(NC(=O)C(COCc2ccc(Cl)cc2)NCc2ccccc2)c2ccccc2C12CCNCC2. The number of carbonyl (C=O) groups is 1. The summed E-state index contributed by atoms with van der Waals surface area (Å²) in [7, 11) is -3.59. The van der Waals surface area contributed by atoms with E-state index in [2.05, 4.69) is 16.1 Å². The molecule has 3 aromatic carbocycles. The molecule has 2 atom stereocenters. The fraction of sp³-hybridized carbons (Fsp3) is 0.367. The van der Waals surface area contributed by atoms with E-state index in [1.807, 2.05) is 66.7 Å². The van der Waals surface area contributed by atoms with Gasteiger partial charge in [0.25, 0.3) is 5.91 Å². The maximum Gasteiger partial charge on any atom is 0.258 e. The van der Waals surface area contributed by atoms with Crippen molar-refractivity contribution in [3.63, 3.8) is 0 Å². The summed E-state index contributed by atoms with van der Waals surface area (Å²) in [4.78, 5) is 13.8. The number of carbonyl (C=O) groups excluding carboxylic acids is 1. The molecule has 8 nitrogen and oxygen atoms in total. The minimum atomic E-state index is -3.59. The minimum absolute atomic E-state index is 0.0926. The van der Waals surface area contributed by atoms with Gasteiger partial charge in [-0.2, -0.15) is 0 Å². The molecule has 0 bridgehead atoms. The average Bonchev–Trinajstić information content (AvgIpc) is 3.21. The summed E-state index contributed by atoms with van der Waals surface area (Å²) in [6, 6.07) is 24.1. The average molecular weight is 583 g/mol. The molecule has 0 aliphatic carbocycles. The molecule has 1 saturated heterocycles. The van der Waals surface area contributed by atoms with E-state index in [1.54, 1.807) is 17.1 Å². The molecule has 0 aromatic heterocycles. The summed E-state index contributed by atoms with van der Waals surface area (Å²) in [5.74, 6) is -0.360. The molecule has 2 aliphatic heterocycles. The number of rotatable bonds is 10. The number of nitrogens with one attached hydrogen (secondary N) is 3. The number of halogens is 1. The van der Waals surface area contributed by atoms with Crippen molar-refractivity contribution in [2.75, 3.05) is 31.0 Å². The van der Waals surface area contributed by atoms with Crippen LogP contribution in [-0.4, -0.2) is 51.7 Å². The highest BCUT2D eigenvalue weighted by atomic mass is 35.5. The van der Waals surface area contributed by atoms with Crippen molar-refractivity contribution in [1.82, 2.24) is 16.1 Å². The standard InChI is InChI=1S/C30H35ClN4O4S/c1-40(37,38)29-30(15-17-32-18-16-30)25-9-5-6-10-27(25)35(29)34-28(36)26(33-19-22-7-3-2-4-8-22)21-39-20-23-11-13-24(31)14-12-23/h2-14,26,29,32-33H,15-21H2,1H3,(H,34,36). The van der Waals surface area contributed by atoms with Gasteiger partial charge in [-0.05, 0) is 60.8 Å². The molecule has 2 unspecified atom stereocenters. The predicted molar refractivity (Wildman–Crippen MR) is 158 cm³/mol. The monoisotopic (exact) mass is 582 g/mol. The van der Waals surface area contributed by atoms with Crippen LogP contribution in [0.25, 0.3) is 0 Å². The molecule has 10 heteroatoms. The van der Waals surface area contributed by atoms with Crippen LogP contribution in [0.2, 0.25) is 5.02 Å². The Morgan fingerprint density at radius 1 is 1.02 bits per heavy atom. The molecule has 2 heterocycles. The molecule has 5 rings (SSSR count). The van der Waals surface area contributed by atoms with Crippen molar-refractivity contribution in [2.45, 2.75) is 42.8 Å². The zero-order valence-electron chi connectivity index (χ0n) is 22.5. The van der Waals surface area contributed by atoms with Gasteiger partial charge in [-0.3, -0.25) is 20.5 Å². The number of benzene rings is 3. The van der Waals surface area contributed by atoms with Gasteiger partial charge in [-0.25, -0.2) is 8.42 Å². The van der Waals surface area contributed by atoms with Crippen molar-refractivity contribution in [2.24, 2.45) is 0 Å². The zero-order chi connectivity index (χ0) is 28.2. The number of sulfone groups is 1. The third kappa shape index (κ3) is 6.19. The van der Waals surface area contributed by atoms with E-state index in [0.29, 0.717) is 44.1 Å². The van der Waals surface area contributed by atoms with Gasteiger partial charge >= 0.3 is 0 Å². The zero-order valence-corrected chi connectivity index (χ0v) is 24.0. The normalized spacial score (nSPS) is 18.9. The lowest BCUT2D eigenvalue weighted by Crippen LogP contribution is -2.61. The van der Waals surface area contributed by atoms with Crippen molar-refractivity contribution in [1.29, 1.82) is 0 Å². The van der Waals surface area contributed by atoms with Gasteiger partial charge in [0, 0.05) is 23.2 Å². The van der Waals surface area contributed by atoms with E-state index < -0.39 is 26.7 Å². The number of hydrogen-bond acceptors (Lipinski definition) is 7. The summed E-state index contributed by atoms with van der Waals surface area (Å²) in [5, 5.41) is 7.97. The summed E-state index contributed by atoms with van der Waals surface area (Å²) in [6.07, 6.45) is 2.58. The number of amides is 1. The van der Waals surface area contributed by atoms with Gasteiger partial charge in [0.15, 0.2) is 15.2 Å². The van der Waals surface area contributed by atoms with E-state index in [0.717, 1.165) is 22.4 Å². The Morgan fingerprint density at radius 3 is 2.40 bits per heavy atom. The minimum Gasteiger partial charge on any atom is -0.375 e. The lowest BCUT2D eigenvalue weighted by atomic mass is 9.74. The second-order valence-electron chi connectivity index (χ2n) is 10.5. The molecular formula is C30H35ClN4O4S. The van der Waals surface area contributed by atoms with Gasteiger partial charge in [-0.15, -0.1) is 0 Å². The molecule has 1 spiro atoms. The molecule has 40 heavy (non-hydrogen) atoms. The van der Waals surface area contributed by atoms with Crippen LogP contribution in [0, 0.1) is 0 Å². The fourth-order valence-electron chi connectivity index (χ4n) is 5.86. The Hall–Kier alpha value is -2.95. The van der Waals surface area contributed by atoms with Crippen molar-refractivity contribution in [3.05, 3.63) is 101 Å². The molecule has 2 aliphatic rings. The van der Waals surface area contributed by atoms with E-state index in [4.69, 9.17) is 16.3 Å². The molecule has 3 aromatic rings. The van der Waals surface area contributed by atoms with Crippen LogP contribution < -0.4 is 21.1 Å². The van der Waals surface area contributed by atoms with Crippen LogP contribution in [0.15, 0.2) is 78.9 Å². The molecule has 212 valence electrons. The number of ether oxygens (including phenoxy) is 1. The van der Waals surface area contributed by atoms with E-state index in [9.17, 15) is 13.2 Å². The number of hydrogen-bond donors (Lipinski definition) is 3. The van der Waals surface area contributed by atoms with E-state index in [1.165, 1.54) is 6.26 Å². The number of para-hydroxylation sites is 1. The largest absolute Gasteiger partial charge is 0.375 e. The van der Waals surface area contributed by atoms with Crippen LogP contribution >= 0.6 is 11.6 Å². The summed E-state index contributed by atoms with van der Waals surface area (Å²) in [5.41, 5.74) is 6.01. The first-order valence-corrected chi connectivity index (χ1v) is 15.8. The molecule has 3 N–H and O–H groups in total. The Labute approximate surface area is 240 Å². The maximum atomic E-state index is 13.8. The molecule has 0 radical (unpaired) electrons. The third-order valence-electron chi connectivity index (χ3n) is 7.72. The first-order chi connectivity index (χ1) is 19.3. The van der Waals surface area contributed by atoms with Crippen molar-refractivity contribution >= 4 is 33.0 Å². The second-order valence-corrected chi connectivity index (χ2v) is 13.1. The van der Waals surface area contributed by atoms with Crippen LogP contribution in [0.1, 0.15) is 29.5 Å². The summed E-state index contributed by atoms with van der Waals surface area (Å²) < 4.78 is 32.6. The topological polar surface area (TPSA) is 99.8 Å². The fourth-order valence-corrected chi connectivity index (χ4v) is 7.71. The number of nitrogens with zero attached hydrogens (tertiary/aromatic N) is 1. The van der Waals surface area contributed by atoms with E-state index >= 15 is 0 Å². The van der Waals surface area contributed by atoms with Crippen molar-refractivity contribution in [3.8, 4) is 0 Å². The van der Waals surface area contributed by atoms with Crippen LogP contribution in [0.4, 0.5) is 5.69 Å². The first-order valence-electron chi connectivity index (χ1n) is 13.5. The quantitative estimate of drug-likeness (QED) is 0.336. The van der Waals surface area contributed by atoms with Gasteiger partial charge in [0.1, 0.15) is 6.04 Å². The second kappa shape index (κ2) is 12.3. The van der Waals surface area contributed by atoms with Crippen LogP contribution in [-0.2, 0) is 37.9 Å². The Bertz CT molecular complexity index is 1410. The number of piperidine rings is 1. The Kier molecular flexibility index (Phi) is 8.77. The maximum absolute atomic E-state index is 13.8. The number of fused-ring (bicyclic) bond motifs is 2. The van der Waals surface area contributed by atoms with E-state index in [-0.39, 0.29) is 12.5 Å². The van der Waals surface area contributed by atoms with Gasteiger partial charge in [-0.1, -0.05) is 72.3 Å². The van der Waals surface area contributed by atoms with Gasteiger partial charge in [0.05, 0.1) is 18.9 Å². The molecule has 1 fully saturated rings. The molecule has 0 saturated carbocycles. The highest BCUT2D eigenvalue weighted by molar-refractivity contribution is 7.91.